The van der Waals surface area contributed by atoms with Crippen LogP contribution in [0, 0.1) is 5.41 Å². The molecule has 0 atom stereocenters. The molecule has 2 N–H and O–H groups in total. The van der Waals surface area contributed by atoms with E-state index in [0.29, 0.717) is 44.7 Å². The molecule has 5 heteroatoms. The van der Waals surface area contributed by atoms with Gasteiger partial charge in [0.25, 0.3) is 0 Å². The summed E-state index contributed by atoms with van der Waals surface area (Å²) >= 11 is 0. The van der Waals surface area contributed by atoms with Gasteiger partial charge in [0.1, 0.15) is 0 Å². The van der Waals surface area contributed by atoms with Gasteiger partial charge in [-0.3, -0.25) is 9.59 Å². The molecule has 126 valence electrons. The van der Waals surface area contributed by atoms with E-state index in [-0.39, 0.29) is 11.8 Å². The van der Waals surface area contributed by atoms with Crippen molar-refractivity contribution in [2.75, 3.05) is 26.3 Å². The molecule has 1 saturated heterocycles. The van der Waals surface area contributed by atoms with Crippen LogP contribution in [0.15, 0.2) is 11.1 Å². The number of allylic oxidation sites excluding steroid dienone is 1. The molecular formula is C17H30N2O3. The number of nitrogens with one attached hydrogen (secondary N) is 2. The highest BCUT2D eigenvalue weighted by Crippen LogP contribution is 2.30. The van der Waals surface area contributed by atoms with E-state index >= 15 is 0 Å². The molecule has 0 aliphatic carbocycles. The van der Waals surface area contributed by atoms with Crippen LogP contribution in [0.25, 0.3) is 0 Å². The third-order valence-corrected chi connectivity index (χ3v) is 4.43. The minimum Gasteiger partial charge on any atom is -0.381 e. The highest BCUT2D eigenvalue weighted by Gasteiger charge is 2.40. The van der Waals surface area contributed by atoms with Gasteiger partial charge < -0.3 is 15.4 Å². The van der Waals surface area contributed by atoms with E-state index in [1.54, 1.807) is 0 Å². The van der Waals surface area contributed by atoms with Crippen LogP contribution in [0.4, 0.5) is 0 Å². The van der Waals surface area contributed by atoms with Crippen molar-refractivity contribution in [2.45, 2.75) is 53.4 Å². The smallest absolute Gasteiger partial charge is 0.246 e. The number of rotatable bonds is 7. The van der Waals surface area contributed by atoms with Gasteiger partial charge in [0.2, 0.25) is 11.8 Å². The maximum atomic E-state index is 12.6. The Balaban J connectivity index is 2.69. The SMILES string of the molecule is CCCCNC(=O)C1(CNC(=O)C(C)=C(C)C)CCOCC1. The van der Waals surface area contributed by atoms with Crippen LogP contribution >= 0.6 is 0 Å². The third-order valence-electron chi connectivity index (χ3n) is 4.43. The summed E-state index contributed by atoms with van der Waals surface area (Å²) < 4.78 is 5.39. The monoisotopic (exact) mass is 310 g/mol. The molecule has 1 heterocycles. The van der Waals surface area contributed by atoms with Crippen LogP contribution in [0.2, 0.25) is 0 Å². The Kier molecular flexibility index (Phi) is 7.59. The number of amides is 2. The van der Waals surface area contributed by atoms with Crippen LogP contribution in [-0.2, 0) is 14.3 Å². The van der Waals surface area contributed by atoms with Crippen molar-refractivity contribution in [2.24, 2.45) is 5.41 Å². The van der Waals surface area contributed by atoms with Crippen LogP contribution in [0.5, 0.6) is 0 Å². The zero-order chi connectivity index (χ0) is 16.6. The van der Waals surface area contributed by atoms with Crippen molar-refractivity contribution in [1.82, 2.24) is 10.6 Å². The van der Waals surface area contributed by atoms with E-state index in [2.05, 4.69) is 17.6 Å². The second-order valence-corrected chi connectivity index (χ2v) is 6.31. The Morgan fingerprint density at radius 1 is 1.09 bits per heavy atom. The molecule has 1 aliphatic heterocycles. The summed E-state index contributed by atoms with van der Waals surface area (Å²) in [4.78, 5) is 24.7. The number of carbonyl (C=O) groups excluding carboxylic acids is 2. The van der Waals surface area contributed by atoms with Crippen molar-refractivity contribution in [3.63, 3.8) is 0 Å². The quantitative estimate of drug-likeness (QED) is 0.559. The molecule has 0 spiro atoms. The number of ether oxygens (including phenoxy) is 1. The van der Waals surface area contributed by atoms with E-state index in [9.17, 15) is 9.59 Å². The summed E-state index contributed by atoms with van der Waals surface area (Å²) in [5.74, 6) is -0.0494. The molecule has 0 radical (unpaired) electrons. The topological polar surface area (TPSA) is 67.4 Å². The third kappa shape index (κ3) is 5.13. The Morgan fingerprint density at radius 2 is 1.73 bits per heavy atom. The molecule has 2 amide bonds. The van der Waals surface area contributed by atoms with E-state index < -0.39 is 5.41 Å². The number of hydrogen-bond acceptors (Lipinski definition) is 3. The highest BCUT2D eigenvalue weighted by molar-refractivity contribution is 5.94. The second-order valence-electron chi connectivity index (χ2n) is 6.31. The Bertz CT molecular complexity index is 420. The van der Waals surface area contributed by atoms with Gasteiger partial charge in [0, 0.05) is 31.9 Å². The first-order valence-corrected chi connectivity index (χ1v) is 8.21. The lowest BCUT2D eigenvalue weighted by Crippen LogP contribution is -2.51. The molecule has 1 fully saturated rings. The minimum atomic E-state index is -0.538. The van der Waals surface area contributed by atoms with Crippen molar-refractivity contribution in [1.29, 1.82) is 0 Å². The Labute approximate surface area is 133 Å². The van der Waals surface area contributed by atoms with Crippen molar-refractivity contribution in [3.05, 3.63) is 11.1 Å². The van der Waals surface area contributed by atoms with E-state index in [1.807, 2.05) is 20.8 Å². The Hall–Kier alpha value is -1.36. The van der Waals surface area contributed by atoms with Crippen molar-refractivity contribution in [3.8, 4) is 0 Å². The molecule has 0 aromatic rings. The maximum absolute atomic E-state index is 12.6. The molecule has 22 heavy (non-hydrogen) atoms. The standard InChI is InChI=1S/C17H30N2O3/c1-5-6-9-18-16(21)17(7-10-22-11-8-17)12-19-15(20)14(4)13(2)3/h5-12H2,1-4H3,(H,18,21)(H,19,20). The predicted molar refractivity (Wildman–Crippen MR) is 87.5 cm³/mol. The first-order valence-electron chi connectivity index (χ1n) is 8.21. The van der Waals surface area contributed by atoms with E-state index in [0.717, 1.165) is 18.4 Å². The molecule has 0 aromatic heterocycles. The normalized spacial score (nSPS) is 16.7. The average molecular weight is 310 g/mol. The minimum absolute atomic E-state index is 0.0411. The van der Waals surface area contributed by atoms with Gasteiger partial charge in [0.15, 0.2) is 0 Å². The molecule has 0 bridgehead atoms. The molecule has 1 aliphatic rings. The summed E-state index contributed by atoms with van der Waals surface area (Å²) in [6.45, 7) is 9.93. The Morgan fingerprint density at radius 3 is 2.27 bits per heavy atom. The first kappa shape index (κ1) is 18.7. The van der Waals surface area contributed by atoms with Gasteiger partial charge in [-0.2, -0.15) is 0 Å². The molecular weight excluding hydrogens is 280 g/mol. The van der Waals surface area contributed by atoms with Gasteiger partial charge in [-0.25, -0.2) is 0 Å². The van der Waals surface area contributed by atoms with Gasteiger partial charge in [-0.1, -0.05) is 18.9 Å². The lowest BCUT2D eigenvalue weighted by Gasteiger charge is -2.36. The summed E-state index contributed by atoms with van der Waals surface area (Å²) in [5, 5.41) is 5.94. The van der Waals surface area contributed by atoms with Crippen LogP contribution in [0.3, 0.4) is 0 Å². The zero-order valence-corrected chi connectivity index (χ0v) is 14.4. The summed E-state index contributed by atoms with van der Waals surface area (Å²) in [6.07, 6.45) is 3.33. The predicted octanol–water partition coefficient (Wildman–Crippen LogP) is 2.17. The second kappa shape index (κ2) is 8.93. The van der Waals surface area contributed by atoms with Crippen LogP contribution < -0.4 is 10.6 Å². The fraction of sp³-hybridized carbons (Fsp3) is 0.765. The summed E-state index contributed by atoms with van der Waals surface area (Å²) in [6, 6.07) is 0. The summed E-state index contributed by atoms with van der Waals surface area (Å²) in [7, 11) is 0. The summed E-state index contributed by atoms with van der Waals surface area (Å²) in [5.41, 5.74) is 1.17. The van der Waals surface area contributed by atoms with Crippen molar-refractivity contribution < 1.29 is 14.3 Å². The number of carbonyl (C=O) groups is 2. The maximum Gasteiger partial charge on any atom is 0.246 e. The lowest BCUT2D eigenvalue weighted by atomic mass is 9.79. The van der Waals surface area contributed by atoms with E-state index in [1.165, 1.54) is 0 Å². The first-order chi connectivity index (χ1) is 10.4. The fourth-order valence-electron chi connectivity index (χ4n) is 2.42. The number of hydrogen-bond donors (Lipinski definition) is 2. The van der Waals surface area contributed by atoms with Gasteiger partial charge in [-0.15, -0.1) is 0 Å². The largest absolute Gasteiger partial charge is 0.381 e. The average Bonchev–Trinajstić information content (AvgIpc) is 2.52. The van der Waals surface area contributed by atoms with Gasteiger partial charge in [0.05, 0.1) is 5.41 Å². The molecule has 5 nitrogen and oxygen atoms in total. The fourth-order valence-corrected chi connectivity index (χ4v) is 2.42. The zero-order valence-electron chi connectivity index (χ0n) is 14.4. The molecule has 0 unspecified atom stereocenters. The van der Waals surface area contributed by atoms with Crippen LogP contribution in [0.1, 0.15) is 53.4 Å². The van der Waals surface area contributed by atoms with Crippen LogP contribution in [-0.4, -0.2) is 38.1 Å². The van der Waals surface area contributed by atoms with Gasteiger partial charge >= 0.3 is 0 Å². The van der Waals surface area contributed by atoms with Gasteiger partial charge in [-0.05, 0) is 40.0 Å². The molecule has 1 rings (SSSR count). The molecule has 0 aromatic carbocycles. The van der Waals surface area contributed by atoms with E-state index in [4.69, 9.17) is 4.74 Å². The lowest BCUT2D eigenvalue weighted by molar-refractivity contribution is -0.137. The van der Waals surface area contributed by atoms with Crippen molar-refractivity contribution >= 4 is 11.8 Å². The highest BCUT2D eigenvalue weighted by atomic mass is 16.5. The number of unbranched alkanes of at least 4 members (excludes halogenated alkanes) is 1. The molecule has 0 saturated carbocycles.